The van der Waals surface area contributed by atoms with Crippen molar-refractivity contribution in [3.63, 3.8) is 0 Å². The molecule has 0 aliphatic carbocycles. The summed E-state index contributed by atoms with van der Waals surface area (Å²) in [6, 6.07) is 5.80. The Morgan fingerprint density at radius 1 is 1.19 bits per heavy atom. The zero-order chi connectivity index (χ0) is 15.5. The number of benzene rings is 1. The first-order chi connectivity index (χ1) is 9.93. The van der Waals surface area contributed by atoms with Crippen LogP contribution in [0.5, 0.6) is 11.5 Å². The lowest BCUT2D eigenvalue weighted by Gasteiger charge is -2.23. The smallest absolute Gasteiger partial charge is 0.176 e. The molecular formula is C14H21N5O2. The molecule has 1 aromatic heterocycles. The predicted molar refractivity (Wildman–Crippen MR) is 78.3 cm³/mol. The van der Waals surface area contributed by atoms with Gasteiger partial charge in [-0.05, 0) is 36.3 Å². The number of tetrazole rings is 1. The van der Waals surface area contributed by atoms with Crippen LogP contribution < -0.4 is 15.2 Å². The predicted octanol–water partition coefficient (Wildman–Crippen LogP) is 0.730. The van der Waals surface area contributed by atoms with Crippen molar-refractivity contribution in [1.82, 2.24) is 20.2 Å². The topological polar surface area (TPSA) is 88.1 Å². The number of methoxy groups -OCH3 is 2. The van der Waals surface area contributed by atoms with Gasteiger partial charge in [-0.15, -0.1) is 10.2 Å². The van der Waals surface area contributed by atoms with Crippen LogP contribution in [0.4, 0.5) is 0 Å². The Hall–Kier alpha value is -2.15. The van der Waals surface area contributed by atoms with Gasteiger partial charge in [0.05, 0.1) is 21.3 Å². The second kappa shape index (κ2) is 6.09. The molecule has 1 aromatic carbocycles. The van der Waals surface area contributed by atoms with E-state index in [0.29, 0.717) is 30.2 Å². The van der Waals surface area contributed by atoms with Gasteiger partial charge in [0.2, 0.25) is 0 Å². The largest absolute Gasteiger partial charge is 0.493 e. The molecule has 7 heteroatoms. The third-order valence-electron chi connectivity index (χ3n) is 3.17. The van der Waals surface area contributed by atoms with Crippen molar-refractivity contribution in [2.45, 2.75) is 25.3 Å². The maximum Gasteiger partial charge on any atom is 0.176 e. The molecule has 0 radical (unpaired) electrons. The molecule has 0 amide bonds. The average molecular weight is 291 g/mol. The van der Waals surface area contributed by atoms with Crippen molar-refractivity contribution in [3.8, 4) is 11.5 Å². The number of hydrogen-bond donors (Lipinski definition) is 1. The fraction of sp³-hybridized carbons (Fsp3) is 0.500. The van der Waals surface area contributed by atoms with E-state index < -0.39 is 5.54 Å². The Morgan fingerprint density at radius 2 is 1.90 bits per heavy atom. The van der Waals surface area contributed by atoms with Crippen LogP contribution in [0.3, 0.4) is 0 Å². The summed E-state index contributed by atoms with van der Waals surface area (Å²) in [7, 11) is 4.97. The second-order valence-electron chi connectivity index (χ2n) is 5.39. The van der Waals surface area contributed by atoms with Crippen molar-refractivity contribution in [1.29, 1.82) is 0 Å². The van der Waals surface area contributed by atoms with Gasteiger partial charge in [-0.3, -0.25) is 0 Å². The molecule has 2 aromatic rings. The highest BCUT2D eigenvalue weighted by Crippen LogP contribution is 2.29. The summed E-state index contributed by atoms with van der Waals surface area (Å²) in [6.45, 7) is 1.97. The van der Waals surface area contributed by atoms with E-state index in [9.17, 15) is 0 Å². The molecule has 0 aliphatic rings. The Morgan fingerprint density at radius 3 is 2.48 bits per heavy atom. The molecule has 0 fully saturated rings. The average Bonchev–Trinajstić information content (AvgIpc) is 2.82. The van der Waals surface area contributed by atoms with Gasteiger partial charge in [-0.2, -0.15) is 4.80 Å². The van der Waals surface area contributed by atoms with E-state index in [1.165, 1.54) is 4.80 Å². The molecule has 1 unspecified atom stereocenters. The lowest BCUT2D eigenvalue weighted by atomic mass is 9.90. The van der Waals surface area contributed by atoms with Crippen molar-refractivity contribution in [2.24, 2.45) is 12.8 Å². The number of hydrogen-bond acceptors (Lipinski definition) is 6. The summed E-state index contributed by atoms with van der Waals surface area (Å²) in [5.41, 5.74) is 6.96. The van der Waals surface area contributed by atoms with Gasteiger partial charge >= 0.3 is 0 Å². The first kappa shape index (κ1) is 15.2. The van der Waals surface area contributed by atoms with Crippen LogP contribution in [0, 0.1) is 0 Å². The first-order valence-corrected chi connectivity index (χ1v) is 6.66. The van der Waals surface area contributed by atoms with E-state index in [0.717, 1.165) is 5.56 Å². The molecule has 2 rings (SSSR count). The van der Waals surface area contributed by atoms with Gasteiger partial charge in [-0.1, -0.05) is 6.07 Å². The van der Waals surface area contributed by atoms with E-state index in [2.05, 4.69) is 15.4 Å². The molecule has 1 heterocycles. The second-order valence-corrected chi connectivity index (χ2v) is 5.39. The molecule has 0 saturated carbocycles. The monoisotopic (exact) mass is 291 g/mol. The van der Waals surface area contributed by atoms with Gasteiger partial charge < -0.3 is 15.2 Å². The summed E-state index contributed by atoms with van der Waals surface area (Å²) in [5.74, 6) is 2.04. The van der Waals surface area contributed by atoms with E-state index in [1.807, 2.05) is 25.1 Å². The summed E-state index contributed by atoms with van der Waals surface area (Å²) < 4.78 is 10.5. The Bertz CT molecular complexity index is 609. The summed E-state index contributed by atoms with van der Waals surface area (Å²) in [5, 5.41) is 12.0. The first-order valence-electron chi connectivity index (χ1n) is 6.66. The lowest BCUT2D eigenvalue weighted by molar-refractivity contribution is 0.354. The molecule has 21 heavy (non-hydrogen) atoms. The number of rotatable bonds is 6. The van der Waals surface area contributed by atoms with E-state index in [1.54, 1.807) is 21.3 Å². The molecule has 114 valence electrons. The lowest BCUT2D eigenvalue weighted by Crippen LogP contribution is -2.41. The van der Waals surface area contributed by atoms with Crippen molar-refractivity contribution in [3.05, 3.63) is 29.6 Å². The minimum atomic E-state index is -0.470. The quantitative estimate of drug-likeness (QED) is 0.844. The molecule has 1 atom stereocenters. The van der Waals surface area contributed by atoms with Crippen LogP contribution in [0.2, 0.25) is 0 Å². The van der Waals surface area contributed by atoms with Crippen LogP contribution in [0.15, 0.2) is 18.2 Å². The SMILES string of the molecule is COc1ccc(CC(C)(N)Cc2nnn(C)n2)cc1OC. The van der Waals surface area contributed by atoms with Crippen LogP contribution in [-0.4, -0.2) is 40.0 Å². The number of ether oxygens (including phenoxy) is 2. The fourth-order valence-corrected chi connectivity index (χ4v) is 2.27. The number of nitrogens with zero attached hydrogens (tertiary/aromatic N) is 4. The van der Waals surface area contributed by atoms with E-state index in [-0.39, 0.29) is 0 Å². The standard InChI is InChI=1S/C14H21N5O2/c1-14(15,9-13-16-18-19(2)17-13)8-10-5-6-11(20-3)12(7-10)21-4/h5-7H,8-9,15H2,1-4H3. The molecule has 0 spiro atoms. The molecule has 0 bridgehead atoms. The van der Waals surface area contributed by atoms with Crippen molar-refractivity contribution in [2.75, 3.05) is 14.2 Å². The van der Waals surface area contributed by atoms with Crippen molar-refractivity contribution >= 4 is 0 Å². The molecule has 0 aliphatic heterocycles. The minimum absolute atomic E-state index is 0.470. The van der Waals surface area contributed by atoms with E-state index >= 15 is 0 Å². The molecule has 0 saturated heterocycles. The van der Waals surface area contributed by atoms with Gasteiger partial charge in [0.15, 0.2) is 17.3 Å². The maximum atomic E-state index is 6.36. The van der Waals surface area contributed by atoms with Gasteiger partial charge in [0.25, 0.3) is 0 Å². The van der Waals surface area contributed by atoms with Crippen LogP contribution in [-0.2, 0) is 19.9 Å². The van der Waals surface area contributed by atoms with E-state index in [4.69, 9.17) is 15.2 Å². The van der Waals surface area contributed by atoms with Crippen LogP contribution in [0.1, 0.15) is 18.3 Å². The summed E-state index contributed by atoms with van der Waals surface area (Å²) in [4.78, 5) is 1.43. The molecule has 7 nitrogen and oxygen atoms in total. The van der Waals surface area contributed by atoms with Crippen molar-refractivity contribution < 1.29 is 9.47 Å². The van der Waals surface area contributed by atoms with Gasteiger partial charge in [-0.25, -0.2) is 0 Å². The highest BCUT2D eigenvalue weighted by atomic mass is 16.5. The molecule has 2 N–H and O–H groups in total. The Labute approximate surface area is 124 Å². The zero-order valence-electron chi connectivity index (χ0n) is 12.8. The number of aromatic nitrogens is 4. The van der Waals surface area contributed by atoms with Gasteiger partial charge in [0, 0.05) is 12.0 Å². The highest BCUT2D eigenvalue weighted by molar-refractivity contribution is 5.43. The third kappa shape index (κ3) is 3.91. The zero-order valence-corrected chi connectivity index (χ0v) is 12.8. The van der Waals surface area contributed by atoms with Gasteiger partial charge in [0.1, 0.15) is 0 Å². The summed E-state index contributed by atoms with van der Waals surface area (Å²) in [6.07, 6.45) is 1.22. The highest BCUT2D eigenvalue weighted by Gasteiger charge is 2.23. The van der Waals surface area contributed by atoms with Crippen LogP contribution in [0.25, 0.3) is 0 Å². The normalized spacial score (nSPS) is 13.8. The summed E-state index contributed by atoms with van der Waals surface area (Å²) >= 11 is 0. The Kier molecular flexibility index (Phi) is 4.42. The molecular weight excluding hydrogens is 270 g/mol. The third-order valence-corrected chi connectivity index (χ3v) is 3.17. The van der Waals surface area contributed by atoms with Crippen LogP contribution >= 0.6 is 0 Å². The maximum absolute atomic E-state index is 6.36. The Balaban J connectivity index is 2.12. The number of aryl methyl sites for hydroxylation is 1. The number of nitrogens with two attached hydrogens (primary N) is 1. The fourth-order valence-electron chi connectivity index (χ4n) is 2.27. The minimum Gasteiger partial charge on any atom is -0.493 e.